The Balaban J connectivity index is 1.79. The molecule has 1 unspecified atom stereocenters. The number of carbonyl (C=O) groups excluding carboxylic acids is 1. The second-order valence-corrected chi connectivity index (χ2v) is 6.34. The molecule has 0 radical (unpaired) electrons. The van der Waals surface area contributed by atoms with Gasteiger partial charge in [0.1, 0.15) is 0 Å². The van der Waals surface area contributed by atoms with E-state index in [1.54, 1.807) is 12.1 Å². The van der Waals surface area contributed by atoms with Gasteiger partial charge in [-0.1, -0.05) is 11.6 Å². The minimum atomic E-state index is -0.868. The zero-order valence-corrected chi connectivity index (χ0v) is 12.4. The number of nitrogens with one attached hydrogen (secondary N) is 1. The molecule has 0 aliphatic heterocycles. The lowest BCUT2D eigenvalue weighted by Crippen LogP contribution is -2.39. The van der Waals surface area contributed by atoms with Crippen LogP contribution in [0.25, 0.3) is 0 Å². The molecule has 1 atom stereocenters. The zero-order valence-electron chi connectivity index (χ0n) is 10.8. The second-order valence-electron chi connectivity index (χ2n) is 4.85. The molecule has 1 amide bonds. The van der Waals surface area contributed by atoms with Crippen molar-refractivity contribution < 1.29 is 14.7 Å². The summed E-state index contributed by atoms with van der Waals surface area (Å²) in [5.74, 6) is -0.379. The Morgan fingerprint density at radius 3 is 2.55 bits per heavy atom. The van der Waals surface area contributed by atoms with E-state index in [2.05, 4.69) is 5.32 Å². The van der Waals surface area contributed by atoms with E-state index in [9.17, 15) is 9.59 Å². The summed E-state index contributed by atoms with van der Waals surface area (Å²) < 4.78 is 0. The summed E-state index contributed by atoms with van der Waals surface area (Å²) in [6.45, 7) is 0. The topological polar surface area (TPSA) is 66.4 Å². The van der Waals surface area contributed by atoms with Crippen molar-refractivity contribution in [1.82, 2.24) is 5.32 Å². The third-order valence-corrected chi connectivity index (χ3v) is 4.38. The van der Waals surface area contributed by atoms with Crippen molar-refractivity contribution in [3.05, 3.63) is 29.3 Å². The van der Waals surface area contributed by atoms with Gasteiger partial charge in [0.2, 0.25) is 5.91 Å². The fourth-order valence-electron chi connectivity index (χ4n) is 1.95. The molecular weight excluding hydrogens is 298 g/mol. The van der Waals surface area contributed by atoms with Crippen LogP contribution in [0, 0.1) is 5.92 Å². The first-order chi connectivity index (χ1) is 9.54. The van der Waals surface area contributed by atoms with Gasteiger partial charge < -0.3 is 10.4 Å². The Morgan fingerprint density at radius 1 is 1.35 bits per heavy atom. The van der Waals surface area contributed by atoms with Crippen molar-refractivity contribution in [2.45, 2.75) is 30.2 Å². The molecule has 1 fully saturated rings. The molecule has 2 rings (SSSR count). The van der Waals surface area contributed by atoms with E-state index in [4.69, 9.17) is 16.7 Å². The van der Waals surface area contributed by atoms with Crippen LogP contribution in [0.3, 0.4) is 0 Å². The molecule has 1 aromatic rings. The number of halogens is 1. The highest BCUT2D eigenvalue weighted by molar-refractivity contribution is 8.00. The van der Waals surface area contributed by atoms with Crippen LogP contribution in [-0.4, -0.2) is 28.8 Å². The molecule has 20 heavy (non-hydrogen) atoms. The zero-order chi connectivity index (χ0) is 14.5. The van der Waals surface area contributed by atoms with E-state index < -0.39 is 5.97 Å². The number of carbonyl (C=O) groups is 2. The van der Waals surface area contributed by atoms with Crippen molar-refractivity contribution in [1.29, 1.82) is 0 Å². The summed E-state index contributed by atoms with van der Waals surface area (Å²) in [6, 6.07) is 7.04. The third-order valence-electron chi connectivity index (χ3n) is 3.12. The largest absolute Gasteiger partial charge is 0.481 e. The predicted octanol–water partition coefficient (Wildman–Crippen LogP) is 2.80. The van der Waals surface area contributed by atoms with Crippen molar-refractivity contribution in [3.63, 3.8) is 0 Å². The SMILES string of the molecule is O=C(O)CC(NC(=O)CSc1ccc(Cl)cc1)C1CC1. The van der Waals surface area contributed by atoms with E-state index in [0.717, 1.165) is 17.7 Å². The first-order valence-electron chi connectivity index (χ1n) is 6.44. The van der Waals surface area contributed by atoms with Gasteiger partial charge in [0.05, 0.1) is 12.2 Å². The van der Waals surface area contributed by atoms with Crippen molar-refractivity contribution >= 4 is 35.2 Å². The normalized spacial score (nSPS) is 15.7. The summed E-state index contributed by atoms with van der Waals surface area (Å²) in [4.78, 5) is 23.6. The van der Waals surface area contributed by atoms with Gasteiger partial charge in [0, 0.05) is 16.0 Å². The summed E-state index contributed by atoms with van der Waals surface area (Å²) in [5, 5.41) is 12.3. The maximum absolute atomic E-state index is 11.9. The number of rotatable bonds is 7. The van der Waals surface area contributed by atoms with Gasteiger partial charge in [-0.25, -0.2) is 0 Å². The molecule has 1 aliphatic rings. The fraction of sp³-hybridized carbons (Fsp3) is 0.429. The molecule has 108 valence electrons. The van der Waals surface area contributed by atoms with Crippen LogP contribution in [-0.2, 0) is 9.59 Å². The van der Waals surface area contributed by atoms with Gasteiger partial charge in [0.25, 0.3) is 0 Å². The maximum Gasteiger partial charge on any atom is 0.305 e. The maximum atomic E-state index is 11.9. The monoisotopic (exact) mass is 313 g/mol. The molecule has 0 spiro atoms. The highest BCUT2D eigenvalue weighted by Gasteiger charge is 2.33. The molecule has 6 heteroatoms. The van der Waals surface area contributed by atoms with Crippen LogP contribution in [0.2, 0.25) is 5.02 Å². The molecule has 4 nitrogen and oxygen atoms in total. The van der Waals surface area contributed by atoms with E-state index in [1.165, 1.54) is 11.8 Å². The molecule has 1 aromatic carbocycles. The van der Waals surface area contributed by atoms with Crippen molar-refractivity contribution in [3.8, 4) is 0 Å². The van der Waals surface area contributed by atoms with Gasteiger partial charge in [-0.3, -0.25) is 9.59 Å². The lowest BCUT2D eigenvalue weighted by atomic mass is 10.1. The van der Waals surface area contributed by atoms with E-state index in [-0.39, 0.29) is 24.1 Å². The molecular formula is C14H16ClNO3S. The summed E-state index contributed by atoms with van der Waals surface area (Å²) in [6.07, 6.45) is 2.01. The summed E-state index contributed by atoms with van der Waals surface area (Å²) >= 11 is 7.20. The highest BCUT2D eigenvalue weighted by Crippen LogP contribution is 2.34. The Hall–Kier alpha value is -1.20. The Bertz CT molecular complexity index is 488. The molecule has 1 aliphatic carbocycles. The van der Waals surface area contributed by atoms with Crippen molar-refractivity contribution in [2.75, 3.05) is 5.75 Å². The Labute approximate surface area is 126 Å². The fourth-order valence-corrected chi connectivity index (χ4v) is 2.79. The van der Waals surface area contributed by atoms with Gasteiger partial charge in [-0.2, -0.15) is 0 Å². The number of carboxylic acid groups (broad SMARTS) is 1. The Kier molecular flexibility index (Phi) is 5.31. The molecule has 0 aromatic heterocycles. The molecule has 2 N–H and O–H groups in total. The van der Waals surface area contributed by atoms with Crippen LogP contribution < -0.4 is 5.32 Å². The Morgan fingerprint density at radius 2 is 2.00 bits per heavy atom. The minimum absolute atomic E-state index is 0.00200. The predicted molar refractivity (Wildman–Crippen MR) is 79.1 cm³/mol. The lowest BCUT2D eigenvalue weighted by molar-refractivity contribution is -0.137. The summed E-state index contributed by atoms with van der Waals surface area (Å²) in [5.41, 5.74) is 0. The number of hydrogen-bond donors (Lipinski definition) is 2. The average Bonchev–Trinajstić information content (AvgIpc) is 3.21. The first kappa shape index (κ1) is 15.2. The quantitative estimate of drug-likeness (QED) is 0.760. The molecule has 0 saturated heterocycles. The van der Waals surface area contributed by atoms with Crippen LogP contribution in [0.4, 0.5) is 0 Å². The molecule has 1 saturated carbocycles. The third kappa shape index (κ3) is 5.06. The van der Waals surface area contributed by atoms with Crippen LogP contribution in [0.1, 0.15) is 19.3 Å². The lowest BCUT2D eigenvalue weighted by Gasteiger charge is -2.16. The van der Waals surface area contributed by atoms with E-state index in [1.807, 2.05) is 12.1 Å². The van der Waals surface area contributed by atoms with Gasteiger partial charge in [0.15, 0.2) is 0 Å². The second kappa shape index (κ2) is 6.99. The van der Waals surface area contributed by atoms with Gasteiger partial charge >= 0.3 is 5.97 Å². The minimum Gasteiger partial charge on any atom is -0.481 e. The van der Waals surface area contributed by atoms with Gasteiger partial charge in [-0.05, 0) is 43.0 Å². The molecule has 0 heterocycles. The van der Waals surface area contributed by atoms with Crippen LogP contribution >= 0.6 is 23.4 Å². The number of benzene rings is 1. The summed E-state index contributed by atoms with van der Waals surface area (Å²) in [7, 11) is 0. The van der Waals surface area contributed by atoms with Crippen LogP contribution in [0.5, 0.6) is 0 Å². The highest BCUT2D eigenvalue weighted by atomic mass is 35.5. The standard InChI is InChI=1S/C14H16ClNO3S/c15-10-3-5-11(6-4-10)20-8-13(17)16-12(7-14(18)19)9-1-2-9/h3-6,9,12H,1-2,7-8H2,(H,16,17)(H,18,19). The number of hydrogen-bond acceptors (Lipinski definition) is 3. The average molecular weight is 314 g/mol. The number of carboxylic acids is 1. The number of thioether (sulfide) groups is 1. The molecule has 0 bridgehead atoms. The van der Waals surface area contributed by atoms with E-state index >= 15 is 0 Å². The van der Waals surface area contributed by atoms with E-state index in [0.29, 0.717) is 10.9 Å². The van der Waals surface area contributed by atoms with Crippen molar-refractivity contribution in [2.24, 2.45) is 5.92 Å². The first-order valence-corrected chi connectivity index (χ1v) is 7.80. The smallest absolute Gasteiger partial charge is 0.305 e. The van der Waals surface area contributed by atoms with Gasteiger partial charge in [-0.15, -0.1) is 11.8 Å². The number of amides is 1. The van der Waals surface area contributed by atoms with Crippen LogP contribution in [0.15, 0.2) is 29.2 Å². The number of aliphatic carboxylic acids is 1.